The molecule has 0 spiro atoms. The Labute approximate surface area is 190 Å². The van der Waals surface area contributed by atoms with Gasteiger partial charge in [0.15, 0.2) is 11.5 Å². The van der Waals surface area contributed by atoms with Crippen LogP contribution in [0, 0.1) is 0 Å². The molecule has 2 aromatic carbocycles. The molecule has 2 amide bonds. The van der Waals surface area contributed by atoms with Gasteiger partial charge in [0.2, 0.25) is 11.8 Å². The predicted octanol–water partition coefficient (Wildman–Crippen LogP) is 1.50. The normalized spacial score (nSPS) is 13.8. The van der Waals surface area contributed by atoms with E-state index in [0.29, 0.717) is 35.5 Å². The summed E-state index contributed by atoms with van der Waals surface area (Å²) in [6, 6.07) is 10.5. The van der Waals surface area contributed by atoms with Gasteiger partial charge in [0.1, 0.15) is 12.6 Å². The fourth-order valence-corrected chi connectivity index (χ4v) is 4.06. The van der Waals surface area contributed by atoms with Crippen LogP contribution in [-0.4, -0.2) is 53.1 Å². The lowest BCUT2D eigenvalue weighted by atomic mass is 9.99. The van der Waals surface area contributed by atoms with Crippen molar-refractivity contribution in [2.75, 3.05) is 20.8 Å². The maximum atomic E-state index is 12.9. The number of benzene rings is 2. The number of rotatable bonds is 6. The Morgan fingerprint density at radius 1 is 1.12 bits per heavy atom. The summed E-state index contributed by atoms with van der Waals surface area (Å²) in [5, 5.41) is 3.01. The van der Waals surface area contributed by atoms with Crippen LogP contribution in [0.2, 0.25) is 0 Å². The van der Waals surface area contributed by atoms with E-state index in [1.807, 2.05) is 18.2 Å². The summed E-state index contributed by atoms with van der Waals surface area (Å²) >= 11 is 0. The van der Waals surface area contributed by atoms with E-state index in [2.05, 4.69) is 16.4 Å². The number of aromatic nitrogens is 2. The lowest BCUT2D eigenvalue weighted by Gasteiger charge is -2.31. The monoisotopic (exact) mass is 450 g/mol. The minimum atomic E-state index is -0.712. The minimum absolute atomic E-state index is 0.154. The van der Waals surface area contributed by atoms with Crippen molar-refractivity contribution in [2.24, 2.45) is 0 Å². The lowest BCUT2D eigenvalue weighted by molar-refractivity contribution is -0.136. The Kier molecular flexibility index (Phi) is 6.30. The van der Waals surface area contributed by atoms with Crippen LogP contribution < -0.4 is 20.3 Å². The topological polar surface area (TPSA) is 103 Å². The second-order valence-corrected chi connectivity index (χ2v) is 7.97. The van der Waals surface area contributed by atoms with E-state index in [0.717, 1.165) is 12.0 Å². The first-order chi connectivity index (χ1) is 15.9. The van der Waals surface area contributed by atoms with Crippen molar-refractivity contribution < 1.29 is 19.1 Å². The van der Waals surface area contributed by atoms with Crippen LogP contribution in [-0.2, 0) is 29.1 Å². The van der Waals surface area contributed by atoms with E-state index in [1.54, 1.807) is 17.9 Å². The second-order valence-electron chi connectivity index (χ2n) is 7.97. The quantitative estimate of drug-likeness (QED) is 0.611. The summed E-state index contributed by atoms with van der Waals surface area (Å²) in [6.07, 6.45) is 2.10. The van der Waals surface area contributed by atoms with E-state index in [1.165, 1.54) is 36.7 Å². The predicted molar refractivity (Wildman–Crippen MR) is 122 cm³/mol. The highest BCUT2D eigenvalue weighted by molar-refractivity contribution is 5.87. The van der Waals surface area contributed by atoms with Crippen LogP contribution >= 0.6 is 0 Å². The number of fused-ring (bicyclic) bond motifs is 2. The zero-order chi connectivity index (χ0) is 23.5. The van der Waals surface area contributed by atoms with E-state index >= 15 is 0 Å². The molecule has 1 N–H and O–H groups in total. The second kappa shape index (κ2) is 9.32. The number of amides is 2. The first kappa shape index (κ1) is 22.3. The molecule has 1 aliphatic heterocycles. The van der Waals surface area contributed by atoms with Gasteiger partial charge in [-0.05, 0) is 30.5 Å². The standard InChI is InChI=1S/C24H26N4O5/c1-15(23(30)27-9-8-16-6-4-5-7-17(16)12-27)26-22(29)13-28-14-25-19-11-21(33-3)20(32-2)10-18(19)24(28)31/h4-7,10-11,14-15H,8-9,12-13H2,1-3H3,(H,26,29). The highest BCUT2D eigenvalue weighted by Gasteiger charge is 2.25. The first-order valence-corrected chi connectivity index (χ1v) is 10.7. The zero-order valence-electron chi connectivity index (χ0n) is 18.8. The smallest absolute Gasteiger partial charge is 0.261 e. The van der Waals surface area contributed by atoms with Crippen LogP contribution in [0.25, 0.3) is 10.9 Å². The molecule has 3 aromatic rings. The molecule has 0 fully saturated rings. The summed E-state index contributed by atoms with van der Waals surface area (Å²) in [5.41, 5.74) is 2.41. The molecule has 0 saturated heterocycles. The van der Waals surface area contributed by atoms with Crippen molar-refractivity contribution in [2.45, 2.75) is 32.5 Å². The van der Waals surface area contributed by atoms with Crippen molar-refractivity contribution in [1.82, 2.24) is 19.8 Å². The van der Waals surface area contributed by atoms with Crippen molar-refractivity contribution >= 4 is 22.7 Å². The SMILES string of the molecule is COc1cc2ncn(CC(=O)NC(C)C(=O)N3CCc4ccccc4C3)c(=O)c2cc1OC. The molecule has 0 radical (unpaired) electrons. The average Bonchev–Trinajstić information content (AvgIpc) is 2.84. The van der Waals surface area contributed by atoms with Gasteiger partial charge in [-0.25, -0.2) is 4.98 Å². The summed E-state index contributed by atoms with van der Waals surface area (Å²) in [6.45, 7) is 2.53. The van der Waals surface area contributed by atoms with Crippen LogP contribution in [0.5, 0.6) is 11.5 Å². The molecule has 2 heterocycles. The number of hydrogen-bond acceptors (Lipinski definition) is 6. The number of carbonyl (C=O) groups is 2. The molecule has 0 saturated carbocycles. The molecule has 1 atom stereocenters. The summed E-state index contributed by atoms with van der Waals surface area (Å²) in [7, 11) is 2.98. The number of nitrogens with zero attached hydrogens (tertiary/aromatic N) is 3. The minimum Gasteiger partial charge on any atom is -0.493 e. The average molecular weight is 450 g/mol. The van der Waals surface area contributed by atoms with Gasteiger partial charge in [-0.2, -0.15) is 0 Å². The Morgan fingerprint density at radius 3 is 2.55 bits per heavy atom. The summed E-state index contributed by atoms with van der Waals surface area (Å²) in [5.74, 6) is 0.254. The maximum Gasteiger partial charge on any atom is 0.261 e. The number of methoxy groups -OCH3 is 2. The van der Waals surface area contributed by atoms with Gasteiger partial charge in [-0.3, -0.25) is 19.0 Å². The van der Waals surface area contributed by atoms with Crippen molar-refractivity contribution in [3.05, 3.63) is 64.2 Å². The highest BCUT2D eigenvalue weighted by atomic mass is 16.5. The van der Waals surface area contributed by atoms with Crippen LogP contribution in [0.15, 0.2) is 47.5 Å². The van der Waals surface area contributed by atoms with E-state index in [9.17, 15) is 14.4 Å². The number of hydrogen-bond donors (Lipinski definition) is 1. The van der Waals surface area contributed by atoms with Crippen LogP contribution in [0.4, 0.5) is 0 Å². The largest absolute Gasteiger partial charge is 0.493 e. The third-order valence-electron chi connectivity index (χ3n) is 5.83. The molecule has 0 bridgehead atoms. The van der Waals surface area contributed by atoms with Crippen molar-refractivity contribution in [3.8, 4) is 11.5 Å². The third-order valence-corrected chi connectivity index (χ3v) is 5.83. The maximum absolute atomic E-state index is 12.9. The van der Waals surface area contributed by atoms with E-state index in [4.69, 9.17) is 9.47 Å². The van der Waals surface area contributed by atoms with Gasteiger partial charge in [0.05, 0.1) is 31.4 Å². The Balaban J connectivity index is 1.44. The lowest BCUT2D eigenvalue weighted by Crippen LogP contribution is -2.49. The van der Waals surface area contributed by atoms with E-state index in [-0.39, 0.29) is 18.0 Å². The molecule has 1 aliphatic rings. The summed E-state index contributed by atoms with van der Waals surface area (Å²) < 4.78 is 11.7. The van der Waals surface area contributed by atoms with Gasteiger partial charge in [-0.1, -0.05) is 24.3 Å². The van der Waals surface area contributed by atoms with Gasteiger partial charge >= 0.3 is 0 Å². The Hall–Kier alpha value is -3.88. The molecule has 0 aliphatic carbocycles. The highest BCUT2D eigenvalue weighted by Crippen LogP contribution is 2.29. The molecule has 33 heavy (non-hydrogen) atoms. The number of ether oxygens (including phenoxy) is 2. The molecule has 172 valence electrons. The summed E-state index contributed by atoms with van der Waals surface area (Å²) in [4.78, 5) is 44.4. The van der Waals surface area contributed by atoms with Crippen LogP contribution in [0.3, 0.4) is 0 Å². The van der Waals surface area contributed by atoms with Gasteiger partial charge in [0, 0.05) is 19.2 Å². The molecule has 1 unspecified atom stereocenters. The Morgan fingerprint density at radius 2 is 1.82 bits per heavy atom. The Bertz CT molecular complexity index is 1270. The van der Waals surface area contributed by atoms with Gasteiger partial charge in [-0.15, -0.1) is 0 Å². The van der Waals surface area contributed by atoms with Gasteiger partial charge in [0.25, 0.3) is 5.56 Å². The third kappa shape index (κ3) is 4.52. The van der Waals surface area contributed by atoms with E-state index < -0.39 is 11.9 Å². The van der Waals surface area contributed by atoms with Crippen molar-refractivity contribution in [1.29, 1.82) is 0 Å². The fourth-order valence-electron chi connectivity index (χ4n) is 4.06. The molecule has 9 heteroatoms. The number of nitrogens with one attached hydrogen (secondary N) is 1. The zero-order valence-corrected chi connectivity index (χ0v) is 18.8. The fraction of sp³-hybridized carbons (Fsp3) is 0.333. The van der Waals surface area contributed by atoms with Crippen LogP contribution in [0.1, 0.15) is 18.1 Å². The molecule has 4 rings (SSSR count). The number of carbonyl (C=O) groups excluding carboxylic acids is 2. The first-order valence-electron chi connectivity index (χ1n) is 10.7. The molecular formula is C24H26N4O5. The molecule has 9 nitrogen and oxygen atoms in total. The van der Waals surface area contributed by atoms with Gasteiger partial charge < -0.3 is 19.7 Å². The molecular weight excluding hydrogens is 424 g/mol. The van der Waals surface area contributed by atoms with Crippen molar-refractivity contribution in [3.63, 3.8) is 0 Å². The molecule has 1 aromatic heterocycles.